The molecule has 0 spiro atoms. The molecule has 6 nitrogen and oxygen atoms in total. The van der Waals surface area contributed by atoms with E-state index in [9.17, 15) is 19.8 Å². The fraction of sp³-hybridized carbons (Fsp3) is 0.600. The Balaban J connectivity index is 1.51. The molecule has 1 saturated carbocycles. The van der Waals surface area contributed by atoms with Gasteiger partial charge in [0, 0.05) is 12.5 Å². The van der Waals surface area contributed by atoms with Crippen LogP contribution < -0.4 is 5.32 Å². The summed E-state index contributed by atoms with van der Waals surface area (Å²) in [7, 11) is 0. The monoisotopic (exact) mass is 360 g/mol. The summed E-state index contributed by atoms with van der Waals surface area (Å²) in [6.07, 6.45) is 3.45. The summed E-state index contributed by atoms with van der Waals surface area (Å²) in [5, 5.41) is 23.4. The number of aromatic hydroxyl groups is 1. The molecular weight excluding hydrogens is 332 g/mol. The van der Waals surface area contributed by atoms with Crippen LogP contribution in [-0.2, 0) is 4.79 Å². The summed E-state index contributed by atoms with van der Waals surface area (Å²) >= 11 is 0. The molecule has 2 aliphatic rings. The number of aliphatic hydroxyl groups is 1. The van der Waals surface area contributed by atoms with Gasteiger partial charge in [0.05, 0.1) is 18.7 Å². The first-order valence-electron chi connectivity index (χ1n) is 9.41. The lowest BCUT2D eigenvalue weighted by Gasteiger charge is -2.46. The third-order valence-electron chi connectivity index (χ3n) is 5.54. The van der Waals surface area contributed by atoms with Gasteiger partial charge in [-0.1, -0.05) is 26.3 Å². The molecule has 0 radical (unpaired) electrons. The van der Waals surface area contributed by atoms with Gasteiger partial charge in [0.15, 0.2) is 0 Å². The maximum atomic E-state index is 12.6. The Morgan fingerprint density at radius 2 is 2.00 bits per heavy atom. The number of hydrogen-bond acceptors (Lipinski definition) is 4. The second-order valence-electron chi connectivity index (χ2n) is 7.99. The standard InChI is InChI=1S/C20H28N2O4/c1-13(2)15-6-7-17(23)16(10-15)19(25)22-11-20(26,12-22)8-9-21-18(24)14-4-3-5-14/h6-7,10,13-14,23,26H,3-5,8-9,11-12H2,1-2H3,(H,21,24). The second kappa shape index (κ2) is 7.27. The number of hydrogen-bond donors (Lipinski definition) is 3. The molecule has 26 heavy (non-hydrogen) atoms. The number of carbonyl (C=O) groups excluding carboxylic acids is 2. The van der Waals surface area contributed by atoms with Crippen molar-refractivity contribution in [2.45, 2.75) is 51.0 Å². The van der Waals surface area contributed by atoms with Crippen LogP contribution >= 0.6 is 0 Å². The van der Waals surface area contributed by atoms with Crippen LogP contribution in [0.25, 0.3) is 0 Å². The van der Waals surface area contributed by atoms with E-state index in [1.807, 2.05) is 19.9 Å². The fourth-order valence-corrected chi connectivity index (χ4v) is 3.45. The van der Waals surface area contributed by atoms with Gasteiger partial charge in [0.2, 0.25) is 5.91 Å². The van der Waals surface area contributed by atoms with Crippen molar-refractivity contribution in [3.05, 3.63) is 29.3 Å². The Morgan fingerprint density at radius 3 is 2.58 bits per heavy atom. The van der Waals surface area contributed by atoms with Crippen molar-refractivity contribution >= 4 is 11.8 Å². The van der Waals surface area contributed by atoms with Crippen molar-refractivity contribution in [3.63, 3.8) is 0 Å². The van der Waals surface area contributed by atoms with Gasteiger partial charge in [-0.15, -0.1) is 0 Å². The number of carbonyl (C=O) groups is 2. The lowest BCUT2D eigenvalue weighted by Crippen LogP contribution is -2.64. The number of phenolic OH excluding ortho intramolecular Hbond substituents is 1. The first-order valence-corrected chi connectivity index (χ1v) is 9.41. The summed E-state index contributed by atoms with van der Waals surface area (Å²) in [6.45, 7) is 4.91. The van der Waals surface area contributed by atoms with E-state index in [-0.39, 0.29) is 48.1 Å². The molecule has 1 heterocycles. The Labute approximate surface area is 154 Å². The van der Waals surface area contributed by atoms with E-state index >= 15 is 0 Å². The van der Waals surface area contributed by atoms with Gasteiger partial charge in [0.25, 0.3) is 5.91 Å². The lowest BCUT2D eigenvalue weighted by molar-refractivity contribution is -0.128. The highest BCUT2D eigenvalue weighted by Crippen LogP contribution is 2.30. The third-order valence-corrected chi connectivity index (χ3v) is 5.54. The van der Waals surface area contributed by atoms with Crippen molar-refractivity contribution in [1.82, 2.24) is 10.2 Å². The van der Waals surface area contributed by atoms with Crippen molar-refractivity contribution < 1.29 is 19.8 Å². The lowest BCUT2D eigenvalue weighted by atomic mass is 9.84. The first-order chi connectivity index (χ1) is 12.3. The zero-order valence-corrected chi connectivity index (χ0v) is 15.5. The van der Waals surface area contributed by atoms with Gasteiger partial charge in [-0.2, -0.15) is 0 Å². The third kappa shape index (κ3) is 3.85. The normalized spacial score (nSPS) is 19.0. The number of rotatable bonds is 6. The van der Waals surface area contributed by atoms with Crippen LogP contribution in [0.1, 0.15) is 61.4 Å². The number of nitrogens with zero attached hydrogens (tertiary/aromatic N) is 1. The van der Waals surface area contributed by atoms with Gasteiger partial charge in [0.1, 0.15) is 11.4 Å². The van der Waals surface area contributed by atoms with Gasteiger partial charge < -0.3 is 20.4 Å². The second-order valence-corrected chi connectivity index (χ2v) is 7.99. The Morgan fingerprint density at radius 1 is 1.31 bits per heavy atom. The number of likely N-dealkylation sites (tertiary alicyclic amines) is 1. The van der Waals surface area contributed by atoms with E-state index in [0.29, 0.717) is 13.0 Å². The molecule has 1 aliphatic heterocycles. The molecule has 1 aromatic rings. The van der Waals surface area contributed by atoms with Gasteiger partial charge in [-0.25, -0.2) is 0 Å². The molecule has 1 aromatic carbocycles. The van der Waals surface area contributed by atoms with E-state index in [1.165, 1.54) is 4.90 Å². The Kier molecular flexibility index (Phi) is 5.23. The number of β-amino-alcohol motifs (C(OH)–C–C–N with tert-alkyl or cyclic N) is 1. The molecule has 3 rings (SSSR count). The van der Waals surface area contributed by atoms with E-state index in [4.69, 9.17) is 0 Å². The smallest absolute Gasteiger partial charge is 0.257 e. The number of benzene rings is 1. The van der Waals surface area contributed by atoms with Crippen LogP contribution in [0.2, 0.25) is 0 Å². The van der Waals surface area contributed by atoms with E-state index < -0.39 is 5.60 Å². The Hall–Kier alpha value is -2.08. The summed E-state index contributed by atoms with van der Waals surface area (Å²) in [6, 6.07) is 5.08. The molecule has 0 aromatic heterocycles. The molecule has 1 saturated heterocycles. The van der Waals surface area contributed by atoms with Crippen LogP contribution in [0.3, 0.4) is 0 Å². The number of nitrogens with one attached hydrogen (secondary N) is 1. The topological polar surface area (TPSA) is 89.9 Å². The van der Waals surface area contributed by atoms with Crippen LogP contribution in [0.4, 0.5) is 0 Å². The molecule has 2 amide bonds. The number of amides is 2. The van der Waals surface area contributed by atoms with Crippen LogP contribution in [0.5, 0.6) is 5.75 Å². The molecule has 1 aliphatic carbocycles. The van der Waals surface area contributed by atoms with Gasteiger partial charge >= 0.3 is 0 Å². The predicted octanol–water partition coefficient (Wildman–Crippen LogP) is 2.01. The van der Waals surface area contributed by atoms with Crippen LogP contribution in [0.15, 0.2) is 18.2 Å². The van der Waals surface area contributed by atoms with Crippen molar-refractivity contribution in [2.75, 3.05) is 19.6 Å². The molecule has 0 atom stereocenters. The average Bonchev–Trinajstić information content (AvgIpc) is 2.50. The number of phenols is 1. The molecule has 3 N–H and O–H groups in total. The summed E-state index contributed by atoms with van der Waals surface area (Å²) in [4.78, 5) is 26.0. The van der Waals surface area contributed by atoms with Crippen molar-refractivity contribution in [2.24, 2.45) is 5.92 Å². The van der Waals surface area contributed by atoms with E-state index in [0.717, 1.165) is 24.8 Å². The highest BCUT2D eigenvalue weighted by molar-refractivity contribution is 5.97. The predicted molar refractivity (Wildman–Crippen MR) is 98.0 cm³/mol. The minimum absolute atomic E-state index is 0.0393. The molecular formula is C20H28N2O4. The fourth-order valence-electron chi connectivity index (χ4n) is 3.45. The van der Waals surface area contributed by atoms with E-state index in [1.54, 1.807) is 12.1 Å². The summed E-state index contributed by atoms with van der Waals surface area (Å²) in [5.74, 6) is 0.161. The molecule has 142 valence electrons. The Bertz CT molecular complexity index is 691. The zero-order chi connectivity index (χ0) is 18.9. The van der Waals surface area contributed by atoms with Gasteiger partial charge in [-0.3, -0.25) is 9.59 Å². The molecule has 0 unspecified atom stereocenters. The average molecular weight is 360 g/mol. The zero-order valence-electron chi connectivity index (χ0n) is 15.5. The largest absolute Gasteiger partial charge is 0.507 e. The van der Waals surface area contributed by atoms with Gasteiger partial charge in [-0.05, 0) is 42.9 Å². The minimum Gasteiger partial charge on any atom is -0.507 e. The van der Waals surface area contributed by atoms with Crippen LogP contribution in [0, 0.1) is 5.92 Å². The summed E-state index contributed by atoms with van der Waals surface area (Å²) in [5.41, 5.74) is 0.297. The quantitative estimate of drug-likeness (QED) is 0.724. The first kappa shape index (κ1) is 18.7. The maximum Gasteiger partial charge on any atom is 0.257 e. The maximum absolute atomic E-state index is 12.6. The highest BCUT2D eigenvalue weighted by atomic mass is 16.3. The highest BCUT2D eigenvalue weighted by Gasteiger charge is 2.44. The molecule has 2 fully saturated rings. The van der Waals surface area contributed by atoms with Crippen molar-refractivity contribution in [1.29, 1.82) is 0 Å². The molecule has 0 bridgehead atoms. The van der Waals surface area contributed by atoms with Crippen molar-refractivity contribution in [3.8, 4) is 5.75 Å². The SMILES string of the molecule is CC(C)c1ccc(O)c(C(=O)N2CC(O)(CCNC(=O)C3CCC3)C2)c1. The van der Waals surface area contributed by atoms with Crippen LogP contribution in [-0.4, -0.2) is 52.2 Å². The molecule has 6 heteroatoms. The summed E-state index contributed by atoms with van der Waals surface area (Å²) < 4.78 is 0. The van der Waals surface area contributed by atoms with E-state index in [2.05, 4.69) is 5.32 Å². The minimum atomic E-state index is -0.964.